The lowest BCUT2D eigenvalue weighted by Crippen LogP contribution is -2.46. The summed E-state index contributed by atoms with van der Waals surface area (Å²) in [5.41, 5.74) is 1.13. The third kappa shape index (κ3) is 3.11. The van der Waals surface area contributed by atoms with Crippen LogP contribution >= 0.6 is 0 Å². The number of anilines is 2. The molecule has 0 spiro atoms. The molecule has 4 aromatic rings. The van der Waals surface area contributed by atoms with Crippen molar-refractivity contribution in [3.8, 4) is 0 Å². The molecule has 138 valence electrons. The quantitative estimate of drug-likeness (QED) is 0.492. The molecule has 0 atom stereocenters. The Labute approximate surface area is 164 Å². The highest BCUT2D eigenvalue weighted by molar-refractivity contribution is 5.62. The predicted molar refractivity (Wildman–Crippen MR) is 110 cm³/mol. The van der Waals surface area contributed by atoms with Gasteiger partial charge in [-0.15, -0.1) is 0 Å². The number of aromatic nitrogens is 4. The fraction of sp³-hybridized carbons (Fsp3) is 0.130. The third-order valence-electron chi connectivity index (χ3n) is 4.83. The standard InChI is InChI=1S/C23H21N5/c1-2-23(19-11-3-7-15-24-19,20-12-4-8-16-25-20)28(21-13-5-9-17-26-21)22-14-6-10-18-27-22/h3-18H,2H2,1H3. The molecule has 0 amide bonds. The number of hydrogen-bond acceptors (Lipinski definition) is 5. The van der Waals surface area contributed by atoms with Crippen LogP contribution in [0, 0.1) is 0 Å². The minimum atomic E-state index is -0.661. The van der Waals surface area contributed by atoms with Crippen molar-refractivity contribution in [2.75, 3.05) is 4.90 Å². The Morgan fingerprint density at radius 3 is 1.36 bits per heavy atom. The Morgan fingerprint density at radius 2 is 1.04 bits per heavy atom. The molecule has 0 aliphatic heterocycles. The van der Waals surface area contributed by atoms with Gasteiger partial charge in [-0.25, -0.2) is 9.97 Å². The van der Waals surface area contributed by atoms with Crippen molar-refractivity contribution in [1.82, 2.24) is 19.9 Å². The van der Waals surface area contributed by atoms with E-state index in [2.05, 4.69) is 21.8 Å². The topological polar surface area (TPSA) is 54.8 Å². The van der Waals surface area contributed by atoms with Crippen LogP contribution in [0.2, 0.25) is 0 Å². The molecule has 0 saturated heterocycles. The minimum absolute atomic E-state index is 0.661. The van der Waals surface area contributed by atoms with Crippen molar-refractivity contribution in [2.24, 2.45) is 0 Å². The molecular formula is C23H21N5. The van der Waals surface area contributed by atoms with E-state index in [0.29, 0.717) is 0 Å². The Hall–Kier alpha value is -3.60. The molecule has 0 aliphatic carbocycles. The van der Waals surface area contributed by atoms with Gasteiger partial charge in [-0.3, -0.25) is 14.9 Å². The van der Waals surface area contributed by atoms with E-state index in [1.165, 1.54) is 0 Å². The number of hydrogen-bond donors (Lipinski definition) is 0. The second-order valence-corrected chi connectivity index (χ2v) is 6.36. The molecule has 0 bridgehead atoms. The molecular weight excluding hydrogens is 346 g/mol. The smallest absolute Gasteiger partial charge is 0.135 e. The number of pyridine rings is 4. The molecule has 5 heteroatoms. The number of rotatable bonds is 6. The molecule has 0 aromatic carbocycles. The molecule has 0 N–H and O–H groups in total. The van der Waals surface area contributed by atoms with Crippen molar-refractivity contribution in [1.29, 1.82) is 0 Å². The van der Waals surface area contributed by atoms with Crippen molar-refractivity contribution in [3.05, 3.63) is 109 Å². The van der Waals surface area contributed by atoms with Crippen LogP contribution in [0.15, 0.2) is 97.6 Å². The van der Waals surface area contributed by atoms with Crippen molar-refractivity contribution < 1.29 is 0 Å². The first kappa shape index (κ1) is 17.8. The van der Waals surface area contributed by atoms with Crippen LogP contribution in [0.4, 0.5) is 11.6 Å². The monoisotopic (exact) mass is 367 g/mol. The van der Waals surface area contributed by atoms with Gasteiger partial charge in [-0.2, -0.15) is 0 Å². The maximum Gasteiger partial charge on any atom is 0.135 e. The second kappa shape index (κ2) is 7.96. The first-order valence-corrected chi connectivity index (χ1v) is 9.31. The van der Waals surface area contributed by atoms with Gasteiger partial charge >= 0.3 is 0 Å². The maximum atomic E-state index is 4.73. The van der Waals surface area contributed by atoms with Gasteiger partial charge in [0.1, 0.15) is 17.2 Å². The summed E-state index contributed by atoms with van der Waals surface area (Å²) in [5.74, 6) is 1.58. The summed E-state index contributed by atoms with van der Waals surface area (Å²) in [6.07, 6.45) is 7.95. The van der Waals surface area contributed by atoms with E-state index in [1.807, 2.05) is 85.2 Å². The summed E-state index contributed by atoms with van der Waals surface area (Å²) in [6, 6.07) is 23.7. The summed E-state index contributed by atoms with van der Waals surface area (Å²) in [5, 5.41) is 0. The Morgan fingerprint density at radius 1 is 0.607 bits per heavy atom. The fourth-order valence-corrected chi connectivity index (χ4v) is 3.58. The van der Waals surface area contributed by atoms with Crippen LogP contribution < -0.4 is 4.90 Å². The molecule has 4 rings (SSSR count). The van der Waals surface area contributed by atoms with E-state index in [4.69, 9.17) is 9.97 Å². The average Bonchev–Trinajstić information content (AvgIpc) is 2.80. The highest BCUT2D eigenvalue weighted by Crippen LogP contribution is 2.43. The van der Waals surface area contributed by atoms with E-state index >= 15 is 0 Å². The Kier molecular flexibility index (Phi) is 5.06. The van der Waals surface area contributed by atoms with Crippen molar-refractivity contribution in [2.45, 2.75) is 18.9 Å². The summed E-state index contributed by atoms with van der Waals surface area (Å²) < 4.78 is 0. The van der Waals surface area contributed by atoms with Gasteiger partial charge in [-0.1, -0.05) is 31.2 Å². The molecule has 0 fully saturated rings. The summed E-state index contributed by atoms with van der Waals surface area (Å²) in [6.45, 7) is 2.14. The molecule has 0 radical (unpaired) electrons. The van der Waals surface area contributed by atoms with E-state index in [9.17, 15) is 0 Å². The Bertz CT molecular complexity index is 913. The van der Waals surface area contributed by atoms with E-state index in [-0.39, 0.29) is 0 Å². The Balaban J connectivity index is 2.05. The third-order valence-corrected chi connectivity index (χ3v) is 4.83. The van der Waals surface area contributed by atoms with Crippen molar-refractivity contribution in [3.63, 3.8) is 0 Å². The zero-order valence-corrected chi connectivity index (χ0v) is 15.7. The fourth-order valence-electron chi connectivity index (χ4n) is 3.58. The van der Waals surface area contributed by atoms with Gasteiger partial charge in [0.25, 0.3) is 0 Å². The molecule has 4 heterocycles. The molecule has 5 nitrogen and oxygen atoms in total. The van der Waals surface area contributed by atoms with Gasteiger partial charge in [0.05, 0.1) is 11.4 Å². The van der Waals surface area contributed by atoms with Crippen LogP contribution in [0.3, 0.4) is 0 Å². The lowest BCUT2D eigenvalue weighted by molar-refractivity contribution is 0.469. The van der Waals surface area contributed by atoms with E-state index < -0.39 is 5.54 Å². The molecule has 0 unspecified atom stereocenters. The first-order chi connectivity index (χ1) is 13.9. The molecule has 4 aromatic heterocycles. The molecule has 0 saturated carbocycles. The SMILES string of the molecule is CCC(c1ccccn1)(c1ccccn1)N(c1ccccn1)c1ccccn1. The highest BCUT2D eigenvalue weighted by atomic mass is 15.3. The highest BCUT2D eigenvalue weighted by Gasteiger charge is 2.43. The zero-order valence-electron chi connectivity index (χ0n) is 15.7. The van der Waals surface area contributed by atoms with Crippen molar-refractivity contribution >= 4 is 11.6 Å². The van der Waals surface area contributed by atoms with Gasteiger partial charge in [0.2, 0.25) is 0 Å². The number of nitrogens with zero attached hydrogens (tertiary/aromatic N) is 5. The van der Waals surface area contributed by atoms with Gasteiger partial charge in [-0.05, 0) is 55.0 Å². The minimum Gasteiger partial charge on any atom is -0.293 e. The van der Waals surface area contributed by atoms with Crippen LogP contribution in [-0.4, -0.2) is 19.9 Å². The van der Waals surface area contributed by atoms with Gasteiger partial charge in [0.15, 0.2) is 0 Å². The zero-order chi connectivity index (χ0) is 19.2. The van der Waals surface area contributed by atoms with Gasteiger partial charge in [0, 0.05) is 24.8 Å². The van der Waals surface area contributed by atoms with Gasteiger partial charge < -0.3 is 0 Å². The average molecular weight is 367 g/mol. The lowest BCUT2D eigenvalue weighted by atomic mass is 9.84. The van der Waals surface area contributed by atoms with E-state index in [0.717, 1.165) is 29.4 Å². The summed E-state index contributed by atoms with van der Waals surface area (Å²) in [7, 11) is 0. The summed E-state index contributed by atoms with van der Waals surface area (Å²) in [4.78, 5) is 20.9. The first-order valence-electron chi connectivity index (χ1n) is 9.31. The molecule has 0 aliphatic rings. The van der Waals surface area contributed by atoms with Crippen LogP contribution in [-0.2, 0) is 5.54 Å². The lowest BCUT2D eigenvalue weighted by Gasteiger charge is -2.42. The van der Waals surface area contributed by atoms with Crippen LogP contribution in [0.5, 0.6) is 0 Å². The largest absolute Gasteiger partial charge is 0.293 e. The van der Waals surface area contributed by atoms with E-state index in [1.54, 1.807) is 12.4 Å². The predicted octanol–water partition coefficient (Wildman–Crippen LogP) is 4.76. The molecule has 28 heavy (non-hydrogen) atoms. The maximum absolute atomic E-state index is 4.73. The summed E-state index contributed by atoms with van der Waals surface area (Å²) >= 11 is 0. The normalized spacial score (nSPS) is 11.2. The van der Waals surface area contributed by atoms with Crippen LogP contribution in [0.25, 0.3) is 0 Å². The van der Waals surface area contributed by atoms with Crippen LogP contribution in [0.1, 0.15) is 24.7 Å². The second-order valence-electron chi connectivity index (χ2n) is 6.36.